The Balaban J connectivity index is 0.000000673. The van der Waals surface area contributed by atoms with Gasteiger partial charge in [0, 0.05) is 19.9 Å². The predicted molar refractivity (Wildman–Crippen MR) is 69.8 cm³/mol. The fraction of sp³-hybridized carbons (Fsp3) is 0.615. The van der Waals surface area contributed by atoms with E-state index in [-0.39, 0.29) is 6.61 Å². The largest absolute Gasteiger partial charge is 0.396 e. The normalized spacial score (nSPS) is 9.25. The highest BCUT2D eigenvalue weighted by Crippen LogP contribution is 2.08. The first-order valence-corrected chi connectivity index (χ1v) is 6.02. The van der Waals surface area contributed by atoms with Crippen molar-refractivity contribution in [3.8, 4) is 0 Å². The van der Waals surface area contributed by atoms with Gasteiger partial charge in [-0.15, -0.1) is 0 Å². The van der Waals surface area contributed by atoms with Gasteiger partial charge in [-0.2, -0.15) is 0 Å². The highest BCUT2D eigenvalue weighted by molar-refractivity contribution is 5.36. The maximum Gasteiger partial charge on any atom is 0.125 e. The number of aliphatic hydroxyl groups is 1. The molecule has 92 valence electrons. The summed E-state index contributed by atoms with van der Waals surface area (Å²) in [6.45, 7) is 4.53. The maximum absolute atomic E-state index is 8.62. The first-order valence-electron chi connectivity index (χ1n) is 6.02. The monoisotopic (exact) mass is 224 g/mol. The first kappa shape index (κ1) is 14.9. The number of aromatic nitrogens is 1. The van der Waals surface area contributed by atoms with E-state index in [1.807, 2.05) is 19.2 Å². The summed E-state index contributed by atoms with van der Waals surface area (Å²) in [5, 5.41) is 11.6. The Morgan fingerprint density at radius 3 is 2.56 bits per heavy atom. The maximum atomic E-state index is 8.62. The third-order valence-corrected chi connectivity index (χ3v) is 1.95. The molecular weight excluding hydrogens is 200 g/mol. The van der Waals surface area contributed by atoms with E-state index in [2.05, 4.69) is 24.1 Å². The van der Waals surface area contributed by atoms with Crippen molar-refractivity contribution in [3.05, 3.63) is 23.9 Å². The average molecular weight is 224 g/mol. The fourth-order valence-electron chi connectivity index (χ4n) is 1.21. The van der Waals surface area contributed by atoms with Crippen LogP contribution >= 0.6 is 0 Å². The lowest BCUT2D eigenvalue weighted by Crippen LogP contribution is -1.94. The number of aryl methyl sites for hydroxylation is 1. The van der Waals surface area contributed by atoms with Crippen LogP contribution in [0.25, 0.3) is 0 Å². The molecule has 0 saturated heterocycles. The van der Waals surface area contributed by atoms with Crippen molar-refractivity contribution in [3.63, 3.8) is 0 Å². The molecule has 0 saturated carbocycles. The summed E-state index contributed by atoms with van der Waals surface area (Å²) in [5.74, 6) is 0.904. The number of rotatable bonds is 5. The molecule has 0 spiro atoms. The van der Waals surface area contributed by atoms with E-state index in [0.717, 1.165) is 25.1 Å². The fourth-order valence-corrected chi connectivity index (χ4v) is 1.21. The molecule has 1 heterocycles. The molecule has 1 aromatic heterocycles. The third-order valence-electron chi connectivity index (χ3n) is 1.95. The van der Waals surface area contributed by atoms with E-state index >= 15 is 0 Å². The number of pyridine rings is 1. The van der Waals surface area contributed by atoms with E-state index in [1.165, 1.54) is 12.0 Å². The minimum atomic E-state index is 0.282. The Kier molecular flexibility index (Phi) is 9.72. The van der Waals surface area contributed by atoms with Crippen molar-refractivity contribution in [2.24, 2.45) is 0 Å². The van der Waals surface area contributed by atoms with Crippen LogP contribution in [0, 0.1) is 0 Å². The molecule has 16 heavy (non-hydrogen) atoms. The second-order valence-electron chi connectivity index (χ2n) is 3.69. The van der Waals surface area contributed by atoms with E-state index in [1.54, 1.807) is 6.20 Å². The van der Waals surface area contributed by atoms with Crippen molar-refractivity contribution in [2.75, 3.05) is 19.0 Å². The third kappa shape index (κ3) is 7.23. The SMILES string of the molecule is CCC.CNc1cc(CCCCO)ccn1. The molecule has 0 amide bonds. The zero-order chi connectivity index (χ0) is 12.2. The molecule has 3 nitrogen and oxygen atoms in total. The van der Waals surface area contributed by atoms with Crippen LogP contribution in [-0.4, -0.2) is 23.7 Å². The van der Waals surface area contributed by atoms with Gasteiger partial charge in [-0.25, -0.2) is 4.98 Å². The van der Waals surface area contributed by atoms with Gasteiger partial charge in [0.15, 0.2) is 0 Å². The van der Waals surface area contributed by atoms with Gasteiger partial charge in [-0.1, -0.05) is 20.3 Å². The number of unbranched alkanes of at least 4 members (excludes halogenated alkanes) is 1. The van der Waals surface area contributed by atoms with Crippen molar-refractivity contribution in [1.82, 2.24) is 4.98 Å². The summed E-state index contributed by atoms with van der Waals surface area (Å²) in [6.07, 6.45) is 5.97. The zero-order valence-electron chi connectivity index (χ0n) is 10.7. The predicted octanol–water partition coefficient (Wildman–Crippen LogP) is 2.85. The molecule has 0 bridgehead atoms. The van der Waals surface area contributed by atoms with Gasteiger partial charge in [0.25, 0.3) is 0 Å². The minimum absolute atomic E-state index is 0.282. The molecule has 1 aromatic rings. The highest BCUT2D eigenvalue weighted by atomic mass is 16.2. The number of nitrogens with zero attached hydrogens (tertiary/aromatic N) is 1. The molecule has 0 aliphatic rings. The lowest BCUT2D eigenvalue weighted by molar-refractivity contribution is 0.284. The Labute approximate surface area is 98.9 Å². The molecule has 3 heteroatoms. The quantitative estimate of drug-likeness (QED) is 0.756. The van der Waals surface area contributed by atoms with Crippen molar-refractivity contribution in [2.45, 2.75) is 39.5 Å². The van der Waals surface area contributed by atoms with Gasteiger partial charge in [-0.3, -0.25) is 0 Å². The Morgan fingerprint density at radius 2 is 2.00 bits per heavy atom. The summed E-state index contributed by atoms with van der Waals surface area (Å²) >= 11 is 0. The second-order valence-corrected chi connectivity index (χ2v) is 3.69. The molecule has 0 atom stereocenters. The second kappa shape index (κ2) is 10.4. The standard InChI is InChI=1S/C10H16N2O.C3H8/c1-11-10-8-9(5-6-12-10)4-2-3-7-13;1-3-2/h5-6,8,13H,2-4,7H2,1H3,(H,11,12);3H2,1-2H3. The van der Waals surface area contributed by atoms with Gasteiger partial charge in [0.1, 0.15) is 5.82 Å². The lowest BCUT2D eigenvalue weighted by Gasteiger charge is -2.02. The summed E-state index contributed by atoms with van der Waals surface area (Å²) < 4.78 is 0. The van der Waals surface area contributed by atoms with Crippen LogP contribution in [-0.2, 0) is 6.42 Å². The topological polar surface area (TPSA) is 45.1 Å². The van der Waals surface area contributed by atoms with Crippen LogP contribution in [0.15, 0.2) is 18.3 Å². The van der Waals surface area contributed by atoms with Gasteiger partial charge in [0.2, 0.25) is 0 Å². The van der Waals surface area contributed by atoms with Crippen LogP contribution in [0.5, 0.6) is 0 Å². The van der Waals surface area contributed by atoms with Gasteiger partial charge in [0.05, 0.1) is 0 Å². The van der Waals surface area contributed by atoms with Crippen LogP contribution < -0.4 is 5.32 Å². The number of anilines is 1. The molecule has 2 N–H and O–H groups in total. The summed E-state index contributed by atoms with van der Waals surface area (Å²) in [7, 11) is 1.86. The van der Waals surface area contributed by atoms with Crippen molar-refractivity contribution < 1.29 is 5.11 Å². The summed E-state index contributed by atoms with van der Waals surface area (Å²) in [4.78, 5) is 4.13. The molecule has 0 aromatic carbocycles. The Bertz CT molecular complexity index is 264. The van der Waals surface area contributed by atoms with Crippen molar-refractivity contribution >= 4 is 5.82 Å². The van der Waals surface area contributed by atoms with Gasteiger partial charge in [-0.05, 0) is 37.0 Å². The van der Waals surface area contributed by atoms with E-state index < -0.39 is 0 Å². The molecule has 1 rings (SSSR count). The molecule has 0 unspecified atom stereocenters. The molecule has 0 aliphatic carbocycles. The van der Waals surface area contributed by atoms with Crippen LogP contribution in [0.1, 0.15) is 38.7 Å². The lowest BCUT2D eigenvalue weighted by atomic mass is 10.1. The molecule has 0 radical (unpaired) electrons. The zero-order valence-corrected chi connectivity index (χ0v) is 10.7. The summed E-state index contributed by atoms with van der Waals surface area (Å²) in [5.41, 5.74) is 1.27. The Morgan fingerprint density at radius 1 is 1.31 bits per heavy atom. The van der Waals surface area contributed by atoms with Gasteiger partial charge < -0.3 is 10.4 Å². The number of nitrogens with one attached hydrogen (secondary N) is 1. The van der Waals surface area contributed by atoms with Crippen LogP contribution in [0.3, 0.4) is 0 Å². The molecular formula is C13H24N2O. The first-order chi connectivity index (χ1) is 7.78. The van der Waals surface area contributed by atoms with E-state index in [0.29, 0.717) is 0 Å². The Hall–Kier alpha value is -1.09. The smallest absolute Gasteiger partial charge is 0.125 e. The number of hydrogen-bond acceptors (Lipinski definition) is 3. The number of aliphatic hydroxyl groups excluding tert-OH is 1. The van der Waals surface area contributed by atoms with Crippen LogP contribution in [0.4, 0.5) is 5.82 Å². The van der Waals surface area contributed by atoms with E-state index in [9.17, 15) is 0 Å². The highest BCUT2D eigenvalue weighted by Gasteiger charge is 1.95. The summed E-state index contributed by atoms with van der Waals surface area (Å²) in [6, 6.07) is 4.05. The minimum Gasteiger partial charge on any atom is -0.396 e. The number of hydrogen-bond donors (Lipinski definition) is 2. The van der Waals surface area contributed by atoms with Gasteiger partial charge >= 0.3 is 0 Å². The van der Waals surface area contributed by atoms with Crippen LogP contribution in [0.2, 0.25) is 0 Å². The molecule has 0 aliphatic heterocycles. The molecule has 0 fully saturated rings. The van der Waals surface area contributed by atoms with Crippen molar-refractivity contribution in [1.29, 1.82) is 0 Å². The van der Waals surface area contributed by atoms with E-state index in [4.69, 9.17) is 5.11 Å². The average Bonchev–Trinajstić information content (AvgIpc) is 2.31.